The molecule has 2 aromatic rings. The van der Waals surface area contributed by atoms with E-state index in [2.05, 4.69) is 28.1 Å². The van der Waals surface area contributed by atoms with Gasteiger partial charge in [0.25, 0.3) is 0 Å². The van der Waals surface area contributed by atoms with Crippen molar-refractivity contribution in [2.45, 2.75) is 38.5 Å². The van der Waals surface area contributed by atoms with Gasteiger partial charge in [-0.2, -0.15) is 0 Å². The van der Waals surface area contributed by atoms with E-state index in [1.54, 1.807) is 6.92 Å². The van der Waals surface area contributed by atoms with Crippen LogP contribution in [0.4, 0.5) is 0 Å². The van der Waals surface area contributed by atoms with E-state index in [4.69, 9.17) is 9.97 Å². The first-order valence-electron chi connectivity index (χ1n) is 8.97. The number of aryl methyl sites for hydroxylation is 2. The molecule has 25 heavy (non-hydrogen) atoms. The Hall–Kier alpha value is -1.75. The second kappa shape index (κ2) is 6.87. The lowest BCUT2D eigenvalue weighted by molar-refractivity contribution is -0.130. The summed E-state index contributed by atoms with van der Waals surface area (Å²) in [7, 11) is 0. The fourth-order valence-corrected chi connectivity index (χ4v) is 4.69. The molecule has 130 valence electrons. The van der Waals surface area contributed by atoms with E-state index in [1.807, 2.05) is 23.4 Å². The Morgan fingerprint density at radius 2 is 1.88 bits per heavy atom. The molecule has 3 heterocycles. The average molecular weight is 400 g/mol. The van der Waals surface area contributed by atoms with Gasteiger partial charge in [-0.3, -0.25) is 14.8 Å². The van der Waals surface area contributed by atoms with E-state index in [9.17, 15) is 4.79 Å². The number of hydrogen-bond donors (Lipinski definition) is 0. The highest BCUT2D eigenvalue weighted by atomic mass is 79.9. The van der Waals surface area contributed by atoms with Crippen molar-refractivity contribution in [3.05, 3.63) is 57.6 Å². The molecule has 0 aromatic carbocycles. The zero-order valence-corrected chi connectivity index (χ0v) is 16.0. The van der Waals surface area contributed by atoms with Gasteiger partial charge in [0.15, 0.2) is 0 Å². The summed E-state index contributed by atoms with van der Waals surface area (Å²) in [5, 5.41) is 0. The highest BCUT2D eigenvalue weighted by Gasteiger charge is 2.35. The number of nitrogens with zero attached hydrogens (tertiary/aromatic N) is 3. The second-order valence-electron chi connectivity index (χ2n) is 7.07. The first-order chi connectivity index (χ1) is 12.1. The molecule has 0 saturated carbocycles. The van der Waals surface area contributed by atoms with Gasteiger partial charge in [-0.05, 0) is 70.8 Å². The van der Waals surface area contributed by atoms with E-state index in [0.29, 0.717) is 5.92 Å². The van der Waals surface area contributed by atoms with Gasteiger partial charge in [-0.15, -0.1) is 0 Å². The fraction of sp³-hybridized carbons (Fsp3) is 0.450. The van der Waals surface area contributed by atoms with Gasteiger partial charge in [0.05, 0.1) is 11.4 Å². The lowest BCUT2D eigenvalue weighted by atomic mass is 9.78. The topological polar surface area (TPSA) is 46.1 Å². The van der Waals surface area contributed by atoms with E-state index in [0.717, 1.165) is 43.2 Å². The molecule has 1 unspecified atom stereocenters. The van der Waals surface area contributed by atoms with Gasteiger partial charge in [-0.1, -0.05) is 6.07 Å². The molecule has 1 aliphatic heterocycles. The maximum atomic E-state index is 11.7. The van der Waals surface area contributed by atoms with Crippen molar-refractivity contribution in [1.29, 1.82) is 0 Å². The smallest absolute Gasteiger partial charge is 0.219 e. The van der Waals surface area contributed by atoms with Gasteiger partial charge in [-0.25, -0.2) is 0 Å². The highest BCUT2D eigenvalue weighted by Crippen LogP contribution is 2.41. The van der Waals surface area contributed by atoms with Crippen LogP contribution in [0.15, 0.2) is 35.1 Å². The zero-order valence-electron chi connectivity index (χ0n) is 14.4. The minimum absolute atomic E-state index is 0.181. The predicted molar refractivity (Wildman–Crippen MR) is 100 cm³/mol. The van der Waals surface area contributed by atoms with Crippen LogP contribution in [0.25, 0.3) is 0 Å². The number of rotatable bonds is 1. The standard InChI is InChI=1S/C20H22BrN3O/c1-13(25)24-9-6-14(7-10-24)18-19-15(3-2-8-22-19)4-5-16-11-17(21)12-23-20(16)18/h2-3,8,11-12,14,18H,4-7,9-10H2,1H3. The fourth-order valence-electron chi connectivity index (χ4n) is 4.31. The molecule has 4 nitrogen and oxygen atoms in total. The molecule has 1 atom stereocenters. The predicted octanol–water partition coefficient (Wildman–Crippen LogP) is 3.73. The lowest BCUT2D eigenvalue weighted by Crippen LogP contribution is -2.39. The van der Waals surface area contributed by atoms with Crippen LogP contribution in [0.3, 0.4) is 0 Å². The summed E-state index contributed by atoms with van der Waals surface area (Å²) in [6.07, 6.45) is 7.85. The normalized spacial score (nSPS) is 20.6. The molecule has 0 bridgehead atoms. The van der Waals surface area contributed by atoms with E-state index >= 15 is 0 Å². The summed E-state index contributed by atoms with van der Waals surface area (Å²) in [5.41, 5.74) is 5.04. The summed E-state index contributed by atoms with van der Waals surface area (Å²) in [6, 6.07) is 6.46. The summed E-state index contributed by atoms with van der Waals surface area (Å²) < 4.78 is 1.04. The zero-order chi connectivity index (χ0) is 17.4. The maximum Gasteiger partial charge on any atom is 0.219 e. The van der Waals surface area contributed by atoms with Gasteiger partial charge in [0.2, 0.25) is 5.91 Å². The van der Waals surface area contributed by atoms with Crippen molar-refractivity contribution in [3.8, 4) is 0 Å². The van der Waals surface area contributed by atoms with Crippen LogP contribution >= 0.6 is 15.9 Å². The molecule has 1 saturated heterocycles. The number of halogens is 1. The van der Waals surface area contributed by atoms with Crippen molar-refractivity contribution in [2.75, 3.05) is 13.1 Å². The van der Waals surface area contributed by atoms with Crippen molar-refractivity contribution >= 4 is 21.8 Å². The maximum absolute atomic E-state index is 11.7. The van der Waals surface area contributed by atoms with Crippen molar-refractivity contribution in [3.63, 3.8) is 0 Å². The van der Waals surface area contributed by atoms with Gasteiger partial charge >= 0.3 is 0 Å². The molecule has 4 rings (SSSR count). The molecular formula is C20H22BrN3O. The second-order valence-corrected chi connectivity index (χ2v) is 7.98. The molecule has 5 heteroatoms. The van der Waals surface area contributed by atoms with Gasteiger partial charge in [0, 0.05) is 42.8 Å². The van der Waals surface area contributed by atoms with Gasteiger partial charge in [0.1, 0.15) is 0 Å². The summed E-state index contributed by atoms with van der Waals surface area (Å²) >= 11 is 3.57. The quantitative estimate of drug-likeness (QED) is 0.733. The molecular weight excluding hydrogens is 378 g/mol. The van der Waals surface area contributed by atoms with Crippen LogP contribution in [0, 0.1) is 5.92 Å². The Kier molecular flexibility index (Phi) is 4.59. The minimum Gasteiger partial charge on any atom is -0.343 e. The van der Waals surface area contributed by atoms with E-state index in [-0.39, 0.29) is 11.8 Å². The molecule has 1 amide bonds. The number of hydrogen-bond acceptors (Lipinski definition) is 3. The van der Waals surface area contributed by atoms with Crippen LogP contribution in [0.5, 0.6) is 0 Å². The molecule has 2 aromatic heterocycles. The van der Waals surface area contributed by atoms with Crippen molar-refractivity contribution in [1.82, 2.24) is 14.9 Å². The summed E-state index contributed by atoms with van der Waals surface area (Å²) in [5.74, 6) is 0.894. The van der Waals surface area contributed by atoms with Crippen LogP contribution < -0.4 is 0 Å². The number of piperidine rings is 1. The summed E-state index contributed by atoms with van der Waals surface area (Å²) in [4.78, 5) is 23.2. The number of fused-ring (bicyclic) bond motifs is 2. The van der Waals surface area contributed by atoms with E-state index in [1.165, 1.54) is 22.5 Å². The van der Waals surface area contributed by atoms with Crippen LogP contribution in [0.2, 0.25) is 0 Å². The largest absolute Gasteiger partial charge is 0.343 e. The number of carbonyl (C=O) groups is 1. The number of pyridine rings is 2. The third kappa shape index (κ3) is 3.22. The molecule has 1 aliphatic carbocycles. The van der Waals surface area contributed by atoms with Crippen molar-refractivity contribution < 1.29 is 4.79 Å². The Morgan fingerprint density at radius 1 is 1.16 bits per heavy atom. The Balaban J connectivity index is 1.74. The lowest BCUT2D eigenvalue weighted by Gasteiger charge is -2.35. The Morgan fingerprint density at radius 3 is 2.64 bits per heavy atom. The highest BCUT2D eigenvalue weighted by molar-refractivity contribution is 9.10. The third-order valence-electron chi connectivity index (χ3n) is 5.60. The SMILES string of the molecule is CC(=O)N1CCC(C2c3ncccc3CCc3cc(Br)cnc32)CC1. The Labute approximate surface area is 156 Å². The third-order valence-corrected chi connectivity index (χ3v) is 6.04. The van der Waals surface area contributed by atoms with Crippen molar-refractivity contribution in [2.24, 2.45) is 5.92 Å². The molecule has 0 N–H and O–H groups in total. The van der Waals surface area contributed by atoms with Gasteiger partial charge < -0.3 is 4.90 Å². The first kappa shape index (κ1) is 16.7. The van der Waals surface area contributed by atoms with Crippen LogP contribution in [-0.4, -0.2) is 33.9 Å². The van der Waals surface area contributed by atoms with E-state index < -0.39 is 0 Å². The van der Waals surface area contributed by atoms with Crippen LogP contribution in [0.1, 0.15) is 48.2 Å². The average Bonchev–Trinajstić information content (AvgIpc) is 2.78. The number of carbonyl (C=O) groups excluding carboxylic acids is 1. The molecule has 2 aliphatic rings. The number of aromatic nitrogens is 2. The molecule has 1 fully saturated rings. The molecule has 0 spiro atoms. The monoisotopic (exact) mass is 399 g/mol. The Bertz CT molecular complexity index is 799. The summed E-state index contributed by atoms with van der Waals surface area (Å²) in [6.45, 7) is 3.34. The van der Waals surface area contributed by atoms with Crippen LogP contribution in [-0.2, 0) is 17.6 Å². The number of amides is 1. The minimum atomic E-state index is 0.181. The molecule has 0 radical (unpaired) electrons. The number of likely N-dealkylation sites (tertiary alicyclic amines) is 1. The first-order valence-corrected chi connectivity index (χ1v) is 9.76.